The molecule has 0 spiro atoms. The second-order valence-electron chi connectivity index (χ2n) is 8.87. The van der Waals surface area contributed by atoms with Gasteiger partial charge in [-0.2, -0.15) is 0 Å². The van der Waals surface area contributed by atoms with Crippen LogP contribution in [-0.2, 0) is 16.1 Å². The fraction of sp³-hybridized carbons (Fsp3) is 0.652. The SMILES string of the molecule is O=C(N[C@H]1CN(Cc2ccccc2)C[C@@H]1NC(=O)C1CCCC1)C1CCCC1. The Morgan fingerprint density at radius 2 is 1.25 bits per heavy atom. The Balaban J connectivity index is 1.40. The van der Waals surface area contributed by atoms with Gasteiger partial charge in [0.25, 0.3) is 0 Å². The molecule has 28 heavy (non-hydrogen) atoms. The minimum Gasteiger partial charge on any atom is -0.350 e. The molecule has 152 valence electrons. The molecule has 1 aromatic carbocycles. The normalized spacial score (nSPS) is 26.6. The molecule has 1 heterocycles. The van der Waals surface area contributed by atoms with Crippen LogP contribution in [0.5, 0.6) is 0 Å². The highest BCUT2D eigenvalue weighted by Gasteiger charge is 2.37. The predicted molar refractivity (Wildman–Crippen MR) is 109 cm³/mol. The van der Waals surface area contributed by atoms with Gasteiger partial charge in [-0.15, -0.1) is 0 Å². The molecule has 1 aliphatic heterocycles. The van der Waals surface area contributed by atoms with Crippen LogP contribution in [0.25, 0.3) is 0 Å². The van der Waals surface area contributed by atoms with Crippen LogP contribution < -0.4 is 10.6 Å². The molecule has 5 heteroatoms. The first-order valence-corrected chi connectivity index (χ1v) is 11.1. The van der Waals surface area contributed by atoms with Crippen molar-refractivity contribution in [2.45, 2.75) is 70.0 Å². The lowest BCUT2D eigenvalue weighted by molar-refractivity contribution is -0.127. The minimum atomic E-state index is 0.00200. The molecule has 1 aromatic rings. The lowest BCUT2D eigenvalue weighted by atomic mass is 10.0. The van der Waals surface area contributed by atoms with E-state index in [1.807, 2.05) is 6.07 Å². The summed E-state index contributed by atoms with van der Waals surface area (Å²) in [5.74, 6) is 0.692. The van der Waals surface area contributed by atoms with Crippen molar-refractivity contribution in [3.05, 3.63) is 35.9 Å². The van der Waals surface area contributed by atoms with Crippen molar-refractivity contribution in [3.8, 4) is 0 Å². The maximum atomic E-state index is 12.7. The Bertz CT molecular complexity index is 628. The van der Waals surface area contributed by atoms with Crippen molar-refractivity contribution < 1.29 is 9.59 Å². The smallest absolute Gasteiger partial charge is 0.223 e. The Labute approximate surface area is 168 Å². The molecule has 4 rings (SSSR count). The Kier molecular flexibility index (Phi) is 6.30. The predicted octanol–water partition coefficient (Wildman–Crippen LogP) is 2.85. The van der Waals surface area contributed by atoms with E-state index in [0.717, 1.165) is 71.0 Å². The summed E-state index contributed by atoms with van der Waals surface area (Å²) in [7, 11) is 0. The summed E-state index contributed by atoms with van der Waals surface area (Å²) in [6.07, 6.45) is 8.65. The van der Waals surface area contributed by atoms with Crippen LogP contribution in [0.1, 0.15) is 56.9 Å². The van der Waals surface area contributed by atoms with Crippen LogP contribution in [0.3, 0.4) is 0 Å². The lowest BCUT2D eigenvalue weighted by Crippen LogP contribution is -2.52. The third-order valence-corrected chi connectivity index (χ3v) is 6.75. The molecule has 3 aliphatic rings. The molecule has 2 aliphatic carbocycles. The summed E-state index contributed by atoms with van der Waals surface area (Å²) in [5.41, 5.74) is 1.27. The zero-order valence-corrected chi connectivity index (χ0v) is 16.7. The largest absolute Gasteiger partial charge is 0.350 e. The summed E-state index contributed by atoms with van der Waals surface area (Å²) < 4.78 is 0. The van der Waals surface area contributed by atoms with Gasteiger partial charge in [0.05, 0.1) is 12.1 Å². The van der Waals surface area contributed by atoms with Gasteiger partial charge in [-0.25, -0.2) is 0 Å². The van der Waals surface area contributed by atoms with Crippen molar-refractivity contribution in [2.75, 3.05) is 13.1 Å². The number of hydrogen-bond acceptors (Lipinski definition) is 3. The molecule has 1 saturated heterocycles. The average molecular weight is 384 g/mol. The molecule has 2 saturated carbocycles. The second-order valence-corrected chi connectivity index (χ2v) is 8.87. The van der Waals surface area contributed by atoms with Gasteiger partial charge in [0.2, 0.25) is 11.8 Å². The molecule has 0 bridgehead atoms. The second kappa shape index (κ2) is 9.08. The van der Waals surface area contributed by atoms with Gasteiger partial charge in [0.15, 0.2) is 0 Å². The number of carbonyl (C=O) groups excluding carboxylic acids is 2. The van der Waals surface area contributed by atoms with Gasteiger partial charge in [0.1, 0.15) is 0 Å². The molecule has 5 nitrogen and oxygen atoms in total. The first kappa shape index (κ1) is 19.4. The van der Waals surface area contributed by atoms with Gasteiger partial charge in [-0.3, -0.25) is 14.5 Å². The Morgan fingerprint density at radius 3 is 1.71 bits per heavy atom. The zero-order valence-electron chi connectivity index (χ0n) is 16.7. The summed E-state index contributed by atoms with van der Waals surface area (Å²) in [4.78, 5) is 27.8. The first-order chi connectivity index (χ1) is 13.7. The van der Waals surface area contributed by atoms with E-state index in [9.17, 15) is 9.59 Å². The number of nitrogens with zero attached hydrogens (tertiary/aromatic N) is 1. The van der Waals surface area contributed by atoms with Crippen molar-refractivity contribution >= 4 is 11.8 Å². The molecule has 2 amide bonds. The number of hydrogen-bond donors (Lipinski definition) is 2. The number of carbonyl (C=O) groups is 2. The topological polar surface area (TPSA) is 61.4 Å². The van der Waals surface area contributed by atoms with E-state index < -0.39 is 0 Å². The van der Waals surface area contributed by atoms with Gasteiger partial charge in [-0.05, 0) is 31.2 Å². The maximum Gasteiger partial charge on any atom is 0.223 e. The van der Waals surface area contributed by atoms with Crippen molar-refractivity contribution in [2.24, 2.45) is 11.8 Å². The van der Waals surface area contributed by atoms with E-state index in [2.05, 4.69) is 39.8 Å². The minimum absolute atomic E-state index is 0.00200. The molecule has 0 aromatic heterocycles. The summed E-state index contributed by atoms with van der Waals surface area (Å²) >= 11 is 0. The molecule has 3 fully saturated rings. The molecule has 0 radical (unpaired) electrons. The Morgan fingerprint density at radius 1 is 0.786 bits per heavy atom. The maximum absolute atomic E-state index is 12.7. The highest BCUT2D eigenvalue weighted by Crippen LogP contribution is 2.27. The van der Waals surface area contributed by atoms with E-state index in [0.29, 0.717) is 0 Å². The van der Waals surface area contributed by atoms with Crippen molar-refractivity contribution in [1.82, 2.24) is 15.5 Å². The van der Waals surface area contributed by atoms with Gasteiger partial charge >= 0.3 is 0 Å². The summed E-state index contributed by atoms with van der Waals surface area (Å²) in [5, 5.41) is 6.57. The number of nitrogens with one attached hydrogen (secondary N) is 2. The highest BCUT2D eigenvalue weighted by atomic mass is 16.2. The van der Waals surface area contributed by atoms with Gasteiger partial charge < -0.3 is 10.6 Å². The number of benzene rings is 1. The summed E-state index contributed by atoms with van der Waals surface area (Å²) in [6, 6.07) is 10.4. The standard InChI is InChI=1S/C23H33N3O2/c27-22(18-10-4-5-11-18)24-20-15-26(14-17-8-2-1-3-9-17)16-21(20)25-23(28)19-12-6-7-13-19/h1-3,8-9,18-21H,4-7,10-16H2,(H,24,27)(H,25,28)/t20-,21-/m0/s1. The molecular formula is C23H33N3O2. The number of amides is 2. The molecule has 2 N–H and O–H groups in total. The van der Waals surface area contributed by atoms with Gasteiger partial charge in [-0.1, -0.05) is 56.0 Å². The van der Waals surface area contributed by atoms with E-state index in [4.69, 9.17) is 0 Å². The monoisotopic (exact) mass is 383 g/mol. The van der Waals surface area contributed by atoms with E-state index in [-0.39, 0.29) is 35.7 Å². The lowest BCUT2D eigenvalue weighted by Gasteiger charge is -2.24. The van der Waals surface area contributed by atoms with Crippen molar-refractivity contribution in [1.29, 1.82) is 0 Å². The molecular weight excluding hydrogens is 350 g/mol. The van der Waals surface area contributed by atoms with Gasteiger partial charge in [0, 0.05) is 31.5 Å². The highest BCUT2D eigenvalue weighted by molar-refractivity contribution is 5.81. The quantitative estimate of drug-likeness (QED) is 0.794. The van der Waals surface area contributed by atoms with Crippen LogP contribution in [0.15, 0.2) is 30.3 Å². The van der Waals surface area contributed by atoms with E-state index in [1.165, 1.54) is 5.56 Å². The molecule has 2 atom stereocenters. The average Bonchev–Trinajstić information content (AvgIpc) is 3.46. The number of likely N-dealkylation sites (tertiary alicyclic amines) is 1. The first-order valence-electron chi connectivity index (χ1n) is 11.1. The van der Waals surface area contributed by atoms with Crippen molar-refractivity contribution in [3.63, 3.8) is 0 Å². The Hall–Kier alpha value is -1.88. The van der Waals surface area contributed by atoms with Crippen LogP contribution in [0.4, 0.5) is 0 Å². The van der Waals surface area contributed by atoms with Crippen LogP contribution >= 0.6 is 0 Å². The number of rotatable bonds is 6. The fourth-order valence-corrected chi connectivity index (χ4v) is 5.13. The van der Waals surface area contributed by atoms with E-state index >= 15 is 0 Å². The van der Waals surface area contributed by atoms with Crippen LogP contribution in [-0.4, -0.2) is 41.9 Å². The van der Waals surface area contributed by atoms with E-state index in [1.54, 1.807) is 0 Å². The molecule has 0 unspecified atom stereocenters. The summed E-state index contributed by atoms with van der Waals surface area (Å²) in [6.45, 7) is 2.44. The third-order valence-electron chi connectivity index (χ3n) is 6.75. The zero-order chi connectivity index (χ0) is 19.3. The third kappa shape index (κ3) is 4.75. The van der Waals surface area contributed by atoms with Crippen LogP contribution in [0, 0.1) is 11.8 Å². The fourth-order valence-electron chi connectivity index (χ4n) is 5.13. The van der Waals surface area contributed by atoms with Crippen LogP contribution in [0.2, 0.25) is 0 Å².